The van der Waals surface area contributed by atoms with Crippen LogP contribution in [-0.4, -0.2) is 50.6 Å². The largest absolute Gasteiger partial charge is 0.374 e. The summed E-state index contributed by atoms with van der Waals surface area (Å²) in [5, 5.41) is 0. The zero-order chi connectivity index (χ0) is 27.0. The fraction of sp³-hybridized carbons (Fsp3) is 0.471. The zero-order valence-electron chi connectivity index (χ0n) is 24.6. The van der Waals surface area contributed by atoms with Crippen molar-refractivity contribution in [3.63, 3.8) is 0 Å². The van der Waals surface area contributed by atoms with Crippen molar-refractivity contribution in [1.82, 2.24) is 9.80 Å². The summed E-state index contributed by atoms with van der Waals surface area (Å²) in [6, 6.07) is 26.1. The first-order valence-electron chi connectivity index (χ1n) is 14.4. The van der Waals surface area contributed by atoms with Gasteiger partial charge in [-0.25, -0.2) is 0 Å². The highest BCUT2D eigenvalue weighted by Gasteiger charge is 2.12. The maximum Gasteiger partial charge on any atom is 0.0396 e. The van der Waals surface area contributed by atoms with E-state index in [9.17, 15) is 0 Å². The van der Waals surface area contributed by atoms with E-state index >= 15 is 0 Å². The lowest BCUT2D eigenvalue weighted by Gasteiger charge is -2.26. The quantitative estimate of drug-likeness (QED) is 0.316. The van der Waals surface area contributed by atoms with E-state index in [4.69, 9.17) is 0 Å². The van der Waals surface area contributed by atoms with Crippen molar-refractivity contribution in [2.24, 2.45) is 0 Å². The van der Waals surface area contributed by atoms with Crippen molar-refractivity contribution in [1.29, 1.82) is 0 Å². The molecule has 0 radical (unpaired) electrons. The minimum absolute atomic E-state index is 1.12. The lowest BCUT2D eigenvalue weighted by molar-refractivity contribution is 0.313. The molecule has 3 aliphatic rings. The average molecular weight is 502 g/mol. The molecule has 3 aliphatic heterocycles. The third-order valence-corrected chi connectivity index (χ3v) is 6.99. The fourth-order valence-electron chi connectivity index (χ4n) is 5.00. The normalized spacial score (nSPS) is 15.8. The predicted molar refractivity (Wildman–Crippen MR) is 164 cm³/mol. The van der Waals surface area contributed by atoms with E-state index < -0.39 is 0 Å². The van der Waals surface area contributed by atoms with E-state index in [1.165, 1.54) is 78.8 Å². The van der Waals surface area contributed by atoms with Crippen molar-refractivity contribution in [3.05, 3.63) is 101 Å². The average Bonchev–Trinajstić information content (AvgIpc) is 2.96. The van der Waals surface area contributed by atoms with E-state index in [2.05, 4.69) is 109 Å². The van der Waals surface area contributed by atoms with Crippen LogP contribution in [0.5, 0.6) is 0 Å². The summed E-state index contributed by atoms with van der Waals surface area (Å²) in [6.07, 6.45) is 4.98. The number of likely N-dealkylation sites (N-methyl/N-ethyl adjacent to an activating group) is 2. The highest BCUT2D eigenvalue weighted by atomic mass is 15.1. The van der Waals surface area contributed by atoms with Crippen LogP contribution in [0.25, 0.3) is 0 Å². The van der Waals surface area contributed by atoms with Crippen molar-refractivity contribution in [3.8, 4) is 0 Å². The van der Waals surface area contributed by atoms with Crippen LogP contribution >= 0.6 is 0 Å². The minimum atomic E-state index is 1.12. The molecule has 0 N–H and O–H groups in total. The highest BCUT2D eigenvalue weighted by molar-refractivity contribution is 5.54. The second-order valence-electron chi connectivity index (χ2n) is 9.67. The van der Waals surface area contributed by atoms with Gasteiger partial charge in [0.2, 0.25) is 0 Å². The van der Waals surface area contributed by atoms with Gasteiger partial charge in [0.1, 0.15) is 0 Å². The van der Waals surface area contributed by atoms with E-state index in [0.717, 1.165) is 13.1 Å². The monoisotopic (exact) mass is 501 g/mol. The molecule has 0 saturated heterocycles. The molecule has 0 unspecified atom stereocenters. The molecule has 3 aromatic rings. The van der Waals surface area contributed by atoms with Gasteiger partial charge >= 0.3 is 0 Å². The van der Waals surface area contributed by atoms with Gasteiger partial charge < -0.3 is 14.7 Å². The summed E-state index contributed by atoms with van der Waals surface area (Å²) >= 11 is 0. The molecule has 0 spiro atoms. The predicted octanol–water partition coefficient (Wildman–Crippen LogP) is 7.47. The summed E-state index contributed by atoms with van der Waals surface area (Å²) in [7, 11) is 6.52. The van der Waals surface area contributed by atoms with Crippen LogP contribution < -0.4 is 4.90 Å². The molecule has 0 saturated carbocycles. The molecule has 3 heterocycles. The SMILES string of the molecule is CC.CC.CN1CCCc2ccccc21.CN1CCc2ccccc2C1.CN1CCc2ccccc2C1. The van der Waals surface area contributed by atoms with E-state index in [-0.39, 0.29) is 0 Å². The minimum Gasteiger partial charge on any atom is -0.374 e. The Morgan fingerprint density at radius 3 is 1.32 bits per heavy atom. The molecule has 0 aliphatic carbocycles. The van der Waals surface area contributed by atoms with Crippen molar-refractivity contribution >= 4 is 5.69 Å². The number of hydrogen-bond donors (Lipinski definition) is 0. The van der Waals surface area contributed by atoms with Crippen molar-refractivity contribution in [2.45, 2.75) is 66.5 Å². The summed E-state index contributed by atoms with van der Waals surface area (Å²) in [6.45, 7) is 13.9. The number of hydrogen-bond acceptors (Lipinski definition) is 3. The van der Waals surface area contributed by atoms with Gasteiger partial charge in [0.05, 0.1) is 0 Å². The van der Waals surface area contributed by atoms with Crippen LogP contribution in [0.1, 0.15) is 61.9 Å². The number of benzene rings is 3. The number of nitrogens with zero attached hydrogens (tertiary/aromatic N) is 3. The van der Waals surface area contributed by atoms with Gasteiger partial charge in [-0.3, -0.25) is 0 Å². The Balaban J connectivity index is 0.000000183. The summed E-state index contributed by atoms with van der Waals surface area (Å²) in [5.41, 5.74) is 8.98. The Bertz CT molecular complexity index is 973. The van der Waals surface area contributed by atoms with Gasteiger partial charge in [0.25, 0.3) is 0 Å². The Kier molecular flexibility index (Phi) is 14.1. The molecule has 202 valence electrons. The first-order chi connectivity index (χ1) is 18.1. The number of fused-ring (bicyclic) bond motifs is 3. The van der Waals surface area contributed by atoms with Gasteiger partial charge in [0, 0.05) is 45.5 Å². The fourth-order valence-corrected chi connectivity index (χ4v) is 5.00. The molecule has 0 amide bonds. The smallest absolute Gasteiger partial charge is 0.0396 e. The summed E-state index contributed by atoms with van der Waals surface area (Å²) < 4.78 is 0. The second kappa shape index (κ2) is 17.0. The topological polar surface area (TPSA) is 9.72 Å². The molecular formula is C34H51N3. The number of anilines is 1. The Morgan fingerprint density at radius 1 is 0.459 bits per heavy atom. The zero-order valence-corrected chi connectivity index (χ0v) is 24.6. The van der Waals surface area contributed by atoms with Crippen LogP contribution in [0.15, 0.2) is 72.8 Å². The number of para-hydroxylation sites is 1. The van der Waals surface area contributed by atoms with Gasteiger partial charge in [0.15, 0.2) is 0 Å². The molecule has 3 nitrogen and oxygen atoms in total. The molecule has 3 aromatic carbocycles. The number of rotatable bonds is 0. The van der Waals surface area contributed by atoms with Crippen LogP contribution in [0.3, 0.4) is 0 Å². The molecule has 6 rings (SSSR count). The van der Waals surface area contributed by atoms with Gasteiger partial charge in [-0.2, -0.15) is 0 Å². The Hall–Kier alpha value is -2.62. The molecule has 3 heteroatoms. The van der Waals surface area contributed by atoms with E-state index in [1.54, 1.807) is 0 Å². The lowest BCUT2D eigenvalue weighted by Crippen LogP contribution is -2.26. The highest BCUT2D eigenvalue weighted by Crippen LogP contribution is 2.24. The summed E-state index contributed by atoms with van der Waals surface area (Å²) in [5.74, 6) is 0. The first-order valence-corrected chi connectivity index (χ1v) is 14.4. The van der Waals surface area contributed by atoms with E-state index in [0.29, 0.717) is 0 Å². The maximum absolute atomic E-state index is 2.36. The second-order valence-corrected chi connectivity index (χ2v) is 9.67. The summed E-state index contributed by atoms with van der Waals surface area (Å²) in [4.78, 5) is 7.06. The third kappa shape index (κ3) is 9.64. The van der Waals surface area contributed by atoms with Gasteiger partial charge in [-0.1, -0.05) is 94.4 Å². The Morgan fingerprint density at radius 2 is 0.865 bits per heavy atom. The van der Waals surface area contributed by atoms with Crippen LogP contribution in [0.4, 0.5) is 5.69 Å². The lowest BCUT2D eigenvalue weighted by atomic mass is 10.0. The van der Waals surface area contributed by atoms with Crippen LogP contribution in [0, 0.1) is 0 Å². The van der Waals surface area contributed by atoms with E-state index in [1.807, 2.05) is 27.7 Å². The van der Waals surface area contributed by atoms with Gasteiger partial charge in [-0.15, -0.1) is 0 Å². The molecule has 0 fully saturated rings. The Labute approximate surface area is 228 Å². The third-order valence-electron chi connectivity index (χ3n) is 6.99. The maximum atomic E-state index is 2.36. The molecule has 0 aromatic heterocycles. The van der Waals surface area contributed by atoms with Crippen LogP contribution in [0.2, 0.25) is 0 Å². The van der Waals surface area contributed by atoms with Crippen molar-refractivity contribution in [2.75, 3.05) is 45.7 Å². The molecule has 37 heavy (non-hydrogen) atoms. The van der Waals surface area contributed by atoms with Crippen molar-refractivity contribution < 1.29 is 0 Å². The molecule has 0 atom stereocenters. The van der Waals surface area contributed by atoms with Crippen LogP contribution in [-0.2, 0) is 32.4 Å². The first kappa shape index (κ1) is 30.6. The standard InChI is InChI=1S/3C10H13N.2C2H6/c1-11-8-4-6-9-5-2-3-7-10(9)11;2*1-11-7-6-9-4-2-3-5-10(9)8-11;2*1-2/h2-3,5,7H,4,6,8H2,1H3;2*2-5H,6-8H2,1H3;2*1-2H3. The molecule has 0 bridgehead atoms. The number of aryl methyl sites for hydroxylation is 1. The molecular weight excluding hydrogens is 450 g/mol. The van der Waals surface area contributed by atoms with Gasteiger partial charge in [-0.05, 0) is 73.7 Å².